The molecule has 4 aromatic carbocycles. The molecule has 0 N–H and O–H groups in total. The molecule has 0 aliphatic rings. The van der Waals surface area contributed by atoms with Crippen molar-refractivity contribution in [3.63, 3.8) is 0 Å². The lowest BCUT2D eigenvalue weighted by Crippen LogP contribution is -1.99. The Morgan fingerprint density at radius 2 is 1.22 bits per heavy atom. The summed E-state index contributed by atoms with van der Waals surface area (Å²) in [4.78, 5) is 0. The number of allylic oxidation sites excluding steroid dienone is 2. The van der Waals surface area contributed by atoms with Crippen molar-refractivity contribution in [2.75, 3.05) is 0 Å². The first-order valence-corrected chi connectivity index (χ1v) is 12.8. The van der Waals surface area contributed by atoms with Crippen molar-refractivity contribution in [2.24, 2.45) is 0 Å². The van der Waals surface area contributed by atoms with Gasteiger partial charge in [-0.1, -0.05) is 97.9 Å². The van der Waals surface area contributed by atoms with Crippen LogP contribution in [0, 0.1) is 11.6 Å². The summed E-state index contributed by atoms with van der Waals surface area (Å²) in [6.45, 7) is 4.18. The van der Waals surface area contributed by atoms with Gasteiger partial charge in [0.05, 0.1) is 0 Å². The second-order valence-electron chi connectivity index (χ2n) is 9.56. The Balaban J connectivity index is 1.33. The molecule has 0 aliphatic heterocycles. The van der Waals surface area contributed by atoms with Crippen molar-refractivity contribution in [1.82, 2.24) is 0 Å². The number of rotatable bonds is 10. The summed E-state index contributed by atoms with van der Waals surface area (Å²) in [6.07, 6.45) is 7.73. The summed E-state index contributed by atoms with van der Waals surface area (Å²) in [5, 5.41) is 0. The molecule has 4 rings (SSSR count). The minimum absolute atomic E-state index is 0.161. The third-order valence-corrected chi connectivity index (χ3v) is 6.86. The van der Waals surface area contributed by atoms with Crippen molar-refractivity contribution >= 4 is 0 Å². The van der Waals surface area contributed by atoms with Gasteiger partial charge in [0.2, 0.25) is 0 Å². The fraction of sp³-hybridized carbons (Fsp3) is 0.235. The van der Waals surface area contributed by atoms with Crippen molar-refractivity contribution in [3.8, 4) is 11.1 Å². The average molecular weight is 481 g/mol. The van der Waals surface area contributed by atoms with E-state index in [9.17, 15) is 8.78 Å². The average Bonchev–Trinajstić information content (AvgIpc) is 2.90. The molecule has 0 bridgehead atoms. The number of hydrogen-bond donors (Lipinski definition) is 0. The molecule has 0 fully saturated rings. The Bertz CT molecular complexity index is 1250. The highest BCUT2D eigenvalue weighted by atomic mass is 19.1. The van der Waals surface area contributed by atoms with Crippen LogP contribution in [0.1, 0.15) is 54.0 Å². The molecule has 0 radical (unpaired) electrons. The van der Waals surface area contributed by atoms with Gasteiger partial charge >= 0.3 is 0 Å². The van der Waals surface area contributed by atoms with Crippen LogP contribution in [0.15, 0.2) is 103 Å². The van der Waals surface area contributed by atoms with Crippen LogP contribution < -0.4 is 0 Å². The van der Waals surface area contributed by atoms with Crippen molar-refractivity contribution in [2.45, 2.75) is 51.9 Å². The van der Waals surface area contributed by atoms with Crippen LogP contribution in [0.5, 0.6) is 0 Å². The molecule has 0 aromatic heterocycles. The molecule has 0 spiro atoms. The zero-order valence-electron chi connectivity index (χ0n) is 21.2. The third kappa shape index (κ3) is 6.79. The van der Waals surface area contributed by atoms with Crippen LogP contribution >= 0.6 is 0 Å². The maximum absolute atomic E-state index is 14.5. The maximum Gasteiger partial charge on any atom is 0.129 e. The van der Waals surface area contributed by atoms with E-state index in [1.165, 1.54) is 34.4 Å². The summed E-state index contributed by atoms with van der Waals surface area (Å²) < 4.78 is 29.1. The quantitative estimate of drug-likeness (QED) is 0.198. The topological polar surface area (TPSA) is 0 Å². The first-order valence-electron chi connectivity index (χ1n) is 12.8. The molecule has 0 saturated carbocycles. The van der Waals surface area contributed by atoms with Crippen LogP contribution in [0.3, 0.4) is 0 Å². The Kier molecular flexibility index (Phi) is 8.84. The molecule has 0 aliphatic carbocycles. The van der Waals surface area contributed by atoms with Crippen molar-refractivity contribution in [3.05, 3.63) is 143 Å². The molecule has 0 unspecified atom stereocenters. The van der Waals surface area contributed by atoms with Crippen LogP contribution in [0.25, 0.3) is 11.1 Å². The Hall–Kier alpha value is -3.52. The van der Waals surface area contributed by atoms with E-state index in [1.807, 2.05) is 31.2 Å². The molecule has 4 aromatic rings. The van der Waals surface area contributed by atoms with E-state index in [0.29, 0.717) is 24.3 Å². The second kappa shape index (κ2) is 12.4. The van der Waals surface area contributed by atoms with E-state index in [2.05, 4.69) is 73.7 Å². The number of hydrogen-bond acceptors (Lipinski definition) is 0. The minimum Gasteiger partial charge on any atom is -0.207 e. The molecular weight excluding hydrogens is 446 g/mol. The summed E-state index contributed by atoms with van der Waals surface area (Å²) >= 11 is 0. The van der Waals surface area contributed by atoms with Gasteiger partial charge < -0.3 is 0 Å². The largest absolute Gasteiger partial charge is 0.207 e. The van der Waals surface area contributed by atoms with Crippen LogP contribution in [0.2, 0.25) is 0 Å². The van der Waals surface area contributed by atoms with Gasteiger partial charge in [0.25, 0.3) is 0 Å². The van der Waals surface area contributed by atoms with Gasteiger partial charge in [-0.25, -0.2) is 8.78 Å². The van der Waals surface area contributed by atoms with Gasteiger partial charge in [-0.3, -0.25) is 0 Å². The summed E-state index contributed by atoms with van der Waals surface area (Å²) in [6, 6.07) is 30.5. The van der Waals surface area contributed by atoms with E-state index in [-0.39, 0.29) is 5.56 Å². The van der Waals surface area contributed by atoms with E-state index < -0.39 is 11.6 Å². The van der Waals surface area contributed by atoms with Crippen molar-refractivity contribution < 1.29 is 8.78 Å². The highest BCUT2D eigenvalue weighted by Crippen LogP contribution is 2.26. The molecule has 0 amide bonds. The van der Waals surface area contributed by atoms with Gasteiger partial charge in [-0.2, -0.15) is 0 Å². The van der Waals surface area contributed by atoms with Gasteiger partial charge in [0, 0.05) is 5.56 Å². The zero-order chi connectivity index (χ0) is 25.3. The lowest BCUT2D eigenvalue weighted by Gasteiger charge is -2.12. The minimum atomic E-state index is -0.472. The molecule has 0 heterocycles. The molecule has 2 heteroatoms. The number of aryl methyl sites for hydroxylation is 2. The SMILES string of the molecule is C/C=C/CCc1c(F)cc(-c2ccc(CCc3ccc(C[C@@H](C)c4ccccc4)cc3)cc2)cc1F. The van der Waals surface area contributed by atoms with E-state index in [1.54, 1.807) is 0 Å². The normalized spacial score (nSPS) is 12.2. The Labute approximate surface area is 214 Å². The van der Waals surface area contributed by atoms with E-state index in [4.69, 9.17) is 0 Å². The number of benzene rings is 4. The van der Waals surface area contributed by atoms with Crippen LogP contribution in [-0.2, 0) is 25.7 Å². The van der Waals surface area contributed by atoms with E-state index >= 15 is 0 Å². The predicted octanol–water partition coefficient (Wildman–Crippen LogP) is 9.27. The molecule has 36 heavy (non-hydrogen) atoms. The molecule has 0 saturated heterocycles. The summed E-state index contributed by atoms with van der Waals surface area (Å²) in [5.41, 5.74) is 6.81. The molecule has 1 atom stereocenters. The maximum atomic E-state index is 14.5. The third-order valence-electron chi connectivity index (χ3n) is 6.86. The van der Waals surface area contributed by atoms with Gasteiger partial charge in [-0.15, -0.1) is 0 Å². The monoisotopic (exact) mass is 480 g/mol. The summed E-state index contributed by atoms with van der Waals surface area (Å²) in [5.74, 6) is -0.452. The lowest BCUT2D eigenvalue weighted by atomic mass is 9.93. The first-order chi connectivity index (χ1) is 17.5. The number of halogens is 2. The lowest BCUT2D eigenvalue weighted by molar-refractivity contribution is 0.556. The summed E-state index contributed by atoms with van der Waals surface area (Å²) in [7, 11) is 0. The smallest absolute Gasteiger partial charge is 0.129 e. The van der Waals surface area contributed by atoms with Gasteiger partial charge in [0.15, 0.2) is 0 Å². The Morgan fingerprint density at radius 1 is 0.667 bits per heavy atom. The molecule has 184 valence electrons. The highest BCUT2D eigenvalue weighted by molar-refractivity contribution is 5.64. The molecule has 0 nitrogen and oxygen atoms in total. The predicted molar refractivity (Wildman–Crippen MR) is 147 cm³/mol. The standard InChI is InChI=1S/C34H34F2/c1-3-4-6-11-32-33(35)23-31(24-34(32)36)30-20-18-27(19-21-30)13-12-26-14-16-28(17-15-26)22-25(2)29-9-7-5-8-10-29/h3-5,7-10,14-21,23-25H,6,11-13,22H2,1-2H3/b4-3+/t25-/m1/s1. The first kappa shape index (κ1) is 25.6. The molecular formula is C34H34F2. The fourth-order valence-corrected chi connectivity index (χ4v) is 4.65. The van der Waals surface area contributed by atoms with Crippen molar-refractivity contribution in [1.29, 1.82) is 0 Å². The van der Waals surface area contributed by atoms with E-state index in [0.717, 1.165) is 24.8 Å². The zero-order valence-corrected chi connectivity index (χ0v) is 21.2. The van der Waals surface area contributed by atoms with Crippen LogP contribution in [0.4, 0.5) is 8.78 Å². The Morgan fingerprint density at radius 3 is 1.81 bits per heavy atom. The van der Waals surface area contributed by atoms with Gasteiger partial charge in [0.1, 0.15) is 11.6 Å². The van der Waals surface area contributed by atoms with Gasteiger partial charge in [-0.05, 0) is 90.5 Å². The van der Waals surface area contributed by atoms with Crippen LogP contribution in [-0.4, -0.2) is 0 Å². The second-order valence-corrected chi connectivity index (χ2v) is 9.56. The highest BCUT2D eigenvalue weighted by Gasteiger charge is 2.12. The fourth-order valence-electron chi connectivity index (χ4n) is 4.65.